The Kier molecular flexibility index (Phi) is 3.74. The van der Waals surface area contributed by atoms with Crippen molar-refractivity contribution in [1.82, 2.24) is 4.90 Å². The van der Waals surface area contributed by atoms with Gasteiger partial charge in [-0.1, -0.05) is 6.07 Å². The fraction of sp³-hybridized carbons (Fsp3) is 0.538. The highest BCUT2D eigenvalue weighted by atomic mass is 19.1. The van der Waals surface area contributed by atoms with E-state index < -0.39 is 11.6 Å². The minimum Gasteiger partial charge on any atom is -0.373 e. The lowest BCUT2D eigenvalue weighted by molar-refractivity contribution is -0.0709. The lowest BCUT2D eigenvalue weighted by Gasteiger charge is -2.35. The molecule has 2 nitrogen and oxygen atoms in total. The molecule has 0 amide bonds. The van der Waals surface area contributed by atoms with E-state index in [1.807, 2.05) is 18.7 Å². The highest BCUT2D eigenvalue weighted by Crippen LogP contribution is 2.18. The Balaban J connectivity index is 2.10. The van der Waals surface area contributed by atoms with Gasteiger partial charge in [0.15, 0.2) is 0 Å². The third-order valence-electron chi connectivity index (χ3n) is 2.94. The first kappa shape index (κ1) is 12.5. The van der Waals surface area contributed by atoms with Crippen LogP contribution in [0, 0.1) is 11.6 Å². The van der Waals surface area contributed by atoms with Crippen LogP contribution in [-0.4, -0.2) is 30.2 Å². The van der Waals surface area contributed by atoms with E-state index >= 15 is 0 Å². The summed E-state index contributed by atoms with van der Waals surface area (Å²) in [6, 6.07) is 3.98. The first-order chi connectivity index (χ1) is 8.06. The second-order valence-electron chi connectivity index (χ2n) is 4.65. The molecule has 94 valence electrons. The molecular weight excluding hydrogens is 224 g/mol. The maximum Gasteiger partial charge on any atom is 0.130 e. The quantitative estimate of drug-likeness (QED) is 0.789. The van der Waals surface area contributed by atoms with Gasteiger partial charge >= 0.3 is 0 Å². The lowest BCUT2D eigenvalue weighted by atomic mass is 10.1. The Hall–Kier alpha value is -1.00. The average Bonchev–Trinajstić information content (AvgIpc) is 2.22. The van der Waals surface area contributed by atoms with Crippen LogP contribution in [0.25, 0.3) is 0 Å². The van der Waals surface area contributed by atoms with Crippen molar-refractivity contribution in [3.8, 4) is 0 Å². The molecule has 1 aromatic carbocycles. The number of ether oxygens (including phenoxy) is 1. The Labute approximate surface area is 100 Å². The van der Waals surface area contributed by atoms with Crippen molar-refractivity contribution in [2.75, 3.05) is 13.1 Å². The number of benzene rings is 1. The van der Waals surface area contributed by atoms with E-state index in [4.69, 9.17) is 4.74 Å². The van der Waals surface area contributed by atoms with Crippen LogP contribution in [0.2, 0.25) is 0 Å². The third-order valence-corrected chi connectivity index (χ3v) is 2.94. The SMILES string of the molecule is C[C@H]1CN(Cc2c(F)cccc2F)C[C@H](C)O1. The molecule has 1 heterocycles. The van der Waals surface area contributed by atoms with E-state index in [1.54, 1.807) is 0 Å². The minimum absolute atomic E-state index is 0.105. The monoisotopic (exact) mass is 241 g/mol. The molecule has 0 aromatic heterocycles. The lowest BCUT2D eigenvalue weighted by Crippen LogP contribution is -2.45. The zero-order valence-corrected chi connectivity index (χ0v) is 10.1. The first-order valence-corrected chi connectivity index (χ1v) is 5.87. The largest absolute Gasteiger partial charge is 0.373 e. The molecule has 0 aliphatic carbocycles. The Bertz CT molecular complexity index is 367. The van der Waals surface area contributed by atoms with Gasteiger partial charge in [0.05, 0.1) is 12.2 Å². The first-order valence-electron chi connectivity index (χ1n) is 5.87. The molecule has 1 aromatic rings. The maximum absolute atomic E-state index is 13.5. The van der Waals surface area contributed by atoms with Crippen molar-refractivity contribution in [2.24, 2.45) is 0 Å². The van der Waals surface area contributed by atoms with Crippen LogP contribution in [-0.2, 0) is 11.3 Å². The van der Waals surface area contributed by atoms with Gasteiger partial charge in [-0.2, -0.15) is 0 Å². The van der Waals surface area contributed by atoms with Gasteiger partial charge in [-0.15, -0.1) is 0 Å². The van der Waals surface area contributed by atoms with E-state index in [2.05, 4.69) is 0 Å². The number of rotatable bonds is 2. The second-order valence-corrected chi connectivity index (χ2v) is 4.65. The van der Waals surface area contributed by atoms with E-state index in [1.165, 1.54) is 18.2 Å². The summed E-state index contributed by atoms with van der Waals surface area (Å²) in [5.41, 5.74) is 0.147. The van der Waals surface area contributed by atoms with Gasteiger partial charge in [-0.05, 0) is 26.0 Å². The van der Waals surface area contributed by atoms with Crippen LogP contribution in [0.4, 0.5) is 8.78 Å². The summed E-state index contributed by atoms with van der Waals surface area (Å²) in [5.74, 6) is -0.950. The number of hydrogen-bond donors (Lipinski definition) is 0. The summed E-state index contributed by atoms with van der Waals surface area (Å²) < 4.78 is 32.6. The van der Waals surface area contributed by atoms with Gasteiger partial charge in [0.1, 0.15) is 11.6 Å². The predicted molar refractivity (Wildman–Crippen MR) is 61.6 cm³/mol. The third kappa shape index (κ3) is 3.01. The summed E-state index contributed by atoms with van der Waals surface area (Å²) in [7, 11) is 0. The van der Waals surface area contributed by atoms with Crippen LogP contribution in [0.1, 0.15) is 19.4 Å². The number of halogens is 2. The van der Waals surface area contributed by atoms with Crippen molar-refractivity contribution in [3.05, 3.63) is 35.4 Å². The van der Waals surface area contributed by atoms with Crippen molar-refractivity contribution < 1.29 is 13.5 Å². The minimum atomic E-state index is -0.475. The molecule has 0 bridgehead atoms. The van der Waals surface area contributed by atoms with Crippen molar-refractivity contribution in [2.45, 2.75) is 32.6 Å². The zero-order valence-electron chi connectivity index (χ0n) is 10.1. The van der Waals surface area contributed by atoms with E-state index in [0.717, 1.165) is 0 Å². The van der Waals surface area contributed by atoms with E-state index in [9.17, 15) is 8.78 Å². The predicted octanol–water partition coefficient (Wildman–Crippen LogP) is 2.57. The van der Waals surface area contributed by atoms with Crippen LogP contribution >= 0.6 is 0 Å². The van der Waals surface area contributed by atoms with Crippen LogP contribution in [0.5, 0.6) is 0 Å². The van der Waals surface area contributed by atoms with Gasteiger partial charge in [-0.25, -0.2) is 8.78 Å². The Morgan fingerprint density at radius 1 is 1.18 bits per heavy atom. The molecule has 0 unspecified atom stereocenters. The van der Waals surface area contributed by atoms with Gasteiger partial charge in [0.25, 0.3) is 0 Å². The highest BCUT2D eigenvalue weighted by molar-refractivity contribution is 5.19. The fourth-order valence-corrected chi connectivity index (χ4v) is 2.32. The standard InChI is InChI=1S/C13H17F2NO/c1-9-6-16(7-10(2)17-9)8-11-12(14)4-3-5-13(11)15/h3-5,9-10H,6-8H2,1-2H3/t9-,10-/m0/s1. The molecule has 0 N–H and O–H groups in total. The van der Waals surface area contributed by atoms with Crippen LogP contribution < -0.4 is 0 Å². The summed E-state index contributed by atoms with van der Waals surface area (Å²) in [4.78, 5) is 2.03. The fourth-order valence-electron chi connectivity index (χ4n) is 2.32. The van der Waals surface area contributed by atoms with Gasteiger partial charge in [-0.3, -0.25) is 4.90 Å². The molecule has 0 radical (unpaired) electrons. The normalized spacial score (nSPS) is 26.1. The number of morpholine rings is 1. The second kappa shape index (κ2) is 5.10. The number of nitrogens with zero attached hydrogens (tertiary/aromatic N) is 1. The molecule has 1 aliphatic heterocycles. The zero-order chi connectivity index (χ0) is 12.4. The van der Waals surface area contributed by atoms with E-state index in [0.29, 0.717) is 19.6 Å². The highest BCUT2D eigenvalue weighted by Gasteiger charge is 2.23. The van der Waals surface area contributed by atoms with Gasteiger partial charge < -0.3 is 4.74 Å². The van der Waals surface area contributed by atoms with E-state index in [-0.39, 0.29) is 17.8 Å². The molecule has 0 spiro atoms. The van der Waals surface area contributed by atoms with Gasteiger partial charge in [0.2, 0.25) is 0 Å². The molecule has 0 saturated carbocycles. The average molecular weight is 241 g/mol. The molecule has 2 atom stereocenters. The Morgan fingerprint density at radius 2 is 1.71 bits per heavy atom. The molecule has 1 saturated heterocycles. The van der Waals surface area contributed by atoms with Gasteiger partial charge in [0, 0.05) is 25.2 Å². The van der Waals surface area contributed by atoms with Crippen LogP contribution in [0.3, 0.4) is 0 Å². The van der Waals surface area contributed by atoms with Crippen LogP contribution in [0.15, 0.2) is 18.2 Å². The smallest absolute Gasteiger partial charge is 0.130 e. The molecule has 17 heavy (non-hydrogen) atoms. The summed E-state index contributed by atoms with van der Waals surface area (Å²) in [6.45, 7) is 5.66. The summed E-state index contributed by atoms with van der Waals surface area (Å²) >= 11 is 0. The van der Waals surface area contributed by atoms with Crippen molar-refractivity contribution in [1.29, 1.82) is 0 Å². The number of hydrogen-bond acceptors (Lipinski definition) is 2. The molecule has 2 rings (SSSR count). The maximum atomic E-state index is 13.5. The van der Waals surface area contributed by atoms with Crippen molar-refractivity contribution in [3.63, 3.8) is 0 Å². The summed E-state index contributed by atoms with van der Waals surface area (Å²) in [6.07, 6.45) is 0.210. The van der Waals surface area contributed by atoms with Crippen molar-refractivity contribution >= 4 is 0 Å². The molecule has 1 fully saturated rings. The topological polar surface area (TPSA) is 12.5 Å². The summed E-state index contributed by atoms with van der Waals surface area (Å²) in [5, 5.41) is 0. The molecule has 4 heteroatoms. The Morgan fingerprint density at radius 3 is 2.24 bits per heavy atom. The molecule has 1 aliphatic rings. The molecular formula is C13H17F2NO.